The van der Waals surface area contributed by atoms with Crippen LogP contribution in [0.1, 0.15) is 5.56 Å². The van der Waals surface area contributed by atoms with Crippen molar-refractivity contribution in [1.82, 2.24) is 9.55 Å². The van der Waals surface area contributed by atoms with Gasteiger partial charge in [0.05, 0.1) is 23.9 Å². The highest BCUT2D eigenvalue weighted by Crippen LogP contribution is 2.28. The van der Waals surface area contributed by atoms with Crippen LogP contribution in [0.3, 0.4) is 0 Å². The molecule has 3 rings (SSSR count). The maximum atomic E-state index is 11.0. The van der Waals surface area contributed by atoms with Gasteiger partial charge < -0.3 is 19.7 Å². The van der Waals surface area contributed by atoms with Gasteiger partial charge in [-0.1, -0.05) is 18.2 Å². The molecule has 3 aromatic rings. The van der Waals surface area contributed by atoms with Crippen LogP contribution in [-0.4, -0.2) is 26.7 Å². The average molecular weight is 354 g/mol. The summed E-state index contributed by atoms with van der Waals surface area (Å²) in [5.74, 6) is 1.11. The second-order valence-corrected chi connectivity index (χ2v) is 5.69. The maximum Gasteiger partial charge on any atom is 0.270 e. The summed E-state index contributed by atoms with van der Waals surface area (Å²) in [7, 11) is 3.33. The number of anilines is 1. The van der Waals surface area contributed by atoms with Crippen LogP contribution in [0.2, 0.25) is 0 Å². The molecule has 134 valence electrons. The Morgan fingerprint density at radius 2 is 2.12 bits per heavy atom. The van der Waals surface area contributed by atoms with Crippen molar-refractivity contribution >= 4 is 11.6 Å². The number of aromatic nitrogens is 2. The lowest BCUT2D eigenvalue weighted by Crippen LogP contribution is -2.06. The van der Waals surface area contributed by atoms with E-state index in [1.54, 1.807) is 36.5 Å². The molecule has 0 spiro atoms. The number of imidazole rings is 1. The summed E-state index contributed by atoms with van der Waals surface area (Å²) < 4.78 is 6.93. The van der Waals surface area contributed by atoms with Gasteiger partial charge in [0.25, 0.3) is 5.69 Å². The number of ether oxygens (including phenoxy) is 1. The van der Waals surface area contributed by atoms with Crippen LogP contribution >= 0.6 is 0 Å². The van der Waals surface area contributed by atoms with Crippen LogP contribution in [0.5, 0.6) is 11.5 Å². The fraction of sp³-hybridized carbons (Fsp3) is 0.167. The van der Waals surface area contributed by atoms with Crippen molar-refractivity contribution in [1.29, 1.82) is 0 Å². The first-order valence-electron chi connectivity index (χ1n) is 7.86. The molecule has 0 aliphatic heterocycles. The summed E-state index contributed by atoms with van der Waals surface area (Å²) in [6.45, 7) is 0.482. The van der Waals surface area contributed by atoms with E-state index >= 15 is 0 Å². The second kappa shape index (κ2) is 7.14. The summed E-state index contributed by atoms with van der Waals surface area (Å²) in [6, 6.07) is 11.5. The Hall–Kier alpha value is -3.55. The molecule has 1 aromatic heterocycles. The van der Waals surface area contributed by atoms with Crippen molar-refractivity contribution in [2.24, 2.45) is 7.05 Å². The Morgan fingerprint density at radius 1 is 1.31 bits per heavy atom. The molecule has 0 radical (unpaired) electrons. The lowest BCUT2D eigenvalue weighted by atomic mass is 10.1. The summed E-state index contributed by atoms with van der Waals surface area (Å²) in [5, 5.41) is 23.8. The van der Waals surface area contributed by atoms with Gasteiger partial charge in [-0.3, -0.25) is 10.1 Å². The lowest BCUT2D eigenvalue weighted by molar-refractivity contribution is -0.384. The van der Waals surface area contributed by atoms with Crippen molar-refractivity contribution in [2.45, 2.75) is 6.54 Å². The fourth-order valence-corrected chi connectivity index (χ4v) is 2.63. The Morgan fingerprint density at radius 3 is 2.85 bits per heavy atom. The van der Waals surface area contributed by atoms with E-state index in [4.69, 9.17) is 4.74 Å². The molecule has 2 aromatic carbocycles. The van der Waals surface area contributed by atoms with Gasteiger partial charge in [0.2, 0.25) is 5.95 Å². The standard InChI is InChI=1S/C18H18N4O4/c1-21-15(13-4-3-5-14(9-13)22(24)25)11-20-18(21)19-10-12-6-7-16(23)17(8-12)26-2/h3-9,11,23H,10H2,1-2H3,(H,19,20). The van der Waals surface area contributed by atoms with Gasteiger partial charge in [0.1, 0.15) is 0 Å². The number of nitro groups is 1. The van der Waals surface area contributed by atoms with Crippen molar-refractivity contribution in [2.75, 3.05) is 12.4 Å². The van der Waals surface area contributed by atoms with Crippen LogP contribution in [0.4, 0.5) is 11.6 Å². The number of nitrogens with zero attached hydrogens (tertiary/aromatic N) is 3. The molecule has 2 N–H and O–H groups in total. The summed E-state index contributed by atoms with van der Waals surface area (Å²) >= 11 is 0. The maximum absolute atomic E-state index is 11.0. The highest BCUT2D eigenvalue weighted by molar-refractivity contribution is 5.64. The van der Waals surface area contributed by atoms with Gasteiger partial charge in [-0.05, 0) is 17.7 Å². The Labute approximate surface area is 149 Å². The molecule has 8 nitrogen and oxygen atoms in total. The van der Waals surface area contributed by atoms with Crippen molar-refractivity contribution in [3.8, 4) is 22.8 Å². The molecule has 0 aliphatic rings. The SMILES string of the molecule is COc1cc(CNc2ncc(-c3cccc([N+](=O)[O-])c3)n2C)ccc1O. The van der Waals surface area contributed by atoms with E-state index in [0.717, 1.165) is 11.3 Å². The van der Waals surface area contributed by atoms with E-state index in [9.17, 15) is 15.2 Å². The van der Waals surface area contributed by atoms with Crippen LogP contribution in [0, 0.1) is 10.1 Å². The molecule has 26 heavy (non-hydrogen) atoms. The first-order chi connectivity index (χ1) is 12.5. The van der Waals surface area contributed by atoms with E-state index in [-0.39, 0.29) is 11.4 Å². The van der Waals surface area contributed by atoms with Gasteiger partial charge in [0.15, 0.2) is 11.5 Å². The van der Waals surface area contributed by atoms with Crippen LogP contribution < -0.4 is 10.1 Å². The predicted octanol–water partition coefficient (Wildman–Crippen LogP) is 3.32. The van der Waals surface area contributed by atoms with Crippen molar-refractivity contribution in [3.05, 3.63) is 64.3 Å². The Kier molecular flexibility index (Phi) is 4.74. The van der Waals surface area contributed by atoms with E-state index in [2.05, 4.69) is 10.3 Å². The van der Waals surface area contributed by atoms with E-state index in [1.165, 1.54) is 19.2 Å². The first kappa shape index (κ1) is 17.3. The Balaban J connectivity index is 1.79. The molecule has 0 saturated carbocycles. The highest BCUT2D eigenvalue weighted by Gasteiger charge is 2.12. The normalized spacial score (nSPS) is 10.5. The third kappa shape index (κ3) is 3.44. The van der Waals surface area contributed by atoms with Crippen molar-refractivity contribution in [3.63, 3.8) is 0 Å². The number of benzene rings is 2. The topological polar surface area (TPSA) is 102 Å². The van der Waals surface area contributed by atoms with Crippen LogP contribution in [0.15, 0.2) is 48.7 Å². The molecule has 0 atom stereocenters. The third-order valence-corrected chi connectivity index (χ3v) is 4.04. The predicted molar refractivity (Wildman–Crippen MR) is 97.3 cm³/mol. The Bertz CT molecular complexity index is 952. The number of methoxy groups -OCH3 is 1. The number of phenols is 1. The van der Waals surface area contributed by atoms with E-state index < -0.39 is 4.92 Å². The fourth-order valence-electron chi connectivity index (χ4n) is 2.63. The number of hydrogen-bond acceptors (Lipinski definition) is 6. The van der Waals surface area contributed by atoms with Gasteiger partial charge >= 0.3 is 0 Å². The van der Waals surface area contributed by atoms with Gasteiger partial charge in [-0.15, -0.1) is 0 Å². The summed E-state index contributed by atoms with van der Waals surface area (Å²) in [4.78, 5) is 14.9. The molecule has 8 heteroatoms. The number of nitro benzene ring substituents is 1. The molecule has 1 heterocycles. The third-order valence-electron chi connectivity index (χ3n) is 4.04. The number of non-ortho nitro benzene ring substituents is 1. The van der Waals surface area contributed by atoms with Gasteiger partial charge in [0, 0.05) is 31.3 Å². The average Bonchev–Trinajstić information content (AvgIpc) is 3.01. The zero-order chi connectivity index (χ0) is 18.7. The molecular formula is C18H18N4O4. The van der Waals surface area contributed by atoms with E-state index in [0.29, 0.717) is 23.8 Å². The highest BCUT2D eigenvalue weighted by atomic mass is 16.6. The van der Waals surface area contributed by atoms with E-state index in [1.807, 2.05) is 11.6 Å². The minimum absolute atomic E-state index is 0.0365. The monoisotopic (exact) mass is 354 g/mol. The van der Waals surface area contributed by atoms with Gasteiger partial charge in [-0.25, -0.2) is 4.98 Å². The smallest absolute Gasteiger partial charge is 0.270 e. The molecule has 0 bridgehead atoms. The van der Waals surface area contributed by atoms with Gasteiger partial charge in [-0.2, -0.15) is 0 Å². The number of aromatic hydroxyl groups is 1. The zero-order valence-electron chi connectivity index (χ0n) is 14.3. The number of phenolic OH excluding ortho intramolecular Hbond substituents is 1. The summed E-state index contributed by atoms with van der Waals surface area (Å²) in [6.07, 6.45) is 1.67. The largest absolute Gasteiger partial charge is 0.504 e. The minimum Gasteiger partial charge on any atom is -0.504 e. The number of nitrogens with one attached hydrogen (secondary N) is 1. The molecule has 0 fully saturated rings. The quantitative estimate of drug-likeness (QED) is 0.520. The minimum atomic E-state index is -0.419. The second-order valence-electron chi connectivity index (χ2n) is 5.69. The molecular weight excluding hydrogens is 336 g/mol. The van der Waals surface area contributed by atoms with Crippen LogP contribution in [0.25, 0.3) is 11.3 Å². The lowest BCUT2D eigenvalue weighted by Gasteiger charge is -2.10. The molecule has 0 unspecified atom stereocenters. The number of rotatable bonds is 6. The first-order valence-corrected chi connectivity index (χ1v) is 7.86. The molecule has 0 amide bonds. The summed E-state index contributed by atoms with van der Waals surface area (Å²) in [5.41, 5.74) is 2.43. The zero-order valence-corrected chi connectivity index (χ0v) is 14.3. The van der Waals surface area contributed by atoms with Crippen LogP contribution in [-0.2, 0) is 13.6 Å². The van der Waals surface area contributed by atoms with Crippen molar-refractivity contribution < 1.29 is 14.8 Å². The molecule has 0 aliphatic carbocycles. The number of hydrogen-bond donors (Lipinski definition) is 2. The molecule has 0 saturated heterocycles.